The molecule has 4 nitrogen and oxygen atoms in total. The van der Waals surface area contributed by atoms with Crippen LogP contribution in [-0.4, -0.2) is 24.8 Å². The molecule has 2 rings (SSSR count). The van der Waals surface area contributed by atoms with Gasteiger partial charge in [0.05, 0.1) is 10.5 Å². The van der Waals surface area contributed by atoms with Crippen molar-refractivity contribution >= 4 is 10.0 Å². The first-order valence-electron chi connectivity index (χ1n) is 6.65. The minimum atomic E-state index is -3.68. The zero-order chi connectivity index (χ0) is 14.9. The van der Waals surface area contributed by atoms with Crippen LogP contribution in [0.25, 0.3) is 0 Å². The predicted molar refractivity (Wildman–Crippen MR) is 72.9 cm³/mol. The molecule has 0 N–H and O–H groups in total. The van der Waals surface area contributed by atoms with E-state index >= 15 is 0 Å². The summed E-state index contributed by atoms with van der Waals surface area (Å²) in [6, 6.07) is 4.96. The fourth-order valence-corrected chi connectivity index (χ4v) is 4.71. The van der Waals surface area contributed by atoms with Gasteiger partial charge in [-0.2, -0.15) is 9.57 Å². The first-order chi connectivity index (χ1) is 9.41. The topological polar surface area (TPSA) is 61.2 Å². The number of sulfonamides is 1. The molecule has 1 aromatic rings. The van der Waals surface area contributed by atoms with Gasteiger partial charge in [-0.25, -0.2) is 12.8 Å². The standard InChI is InChI=1S/C14H17FN2O2S/c1-3-12-5-4-10(2)17(12)20(18,19)13-6-7-14(15)11(8-13)9-16/h6-8,10,12H,3-5H2,1-2H3. The molecule has 0 radical (unpaired) electrons. The first-order valence-corrected chi connectivity index (χ1v) is 8.09. The quantitative estimate of drug-likeness (QED) is 0.861. The van der Waals surface area contributed by atoms with Crippen LogP contribution in [0.1, 0.15) is 38.7 Å². The zero-order valence-corrected chi connectivity index (χ0v) is 12.3. The lowest BCUT2D eigenvalue weighted by atomic mass is 10.2. The van der Waals surface area contributed by atoms with Crippen LogP contribution in [0.3, 0.4) is 0 Å². The van der Waals surface area contributed by atoms with E-state index in [1.54, 1.807) is 6.07 Å². The Labute approximate surface area is 118 Å². The molecule has 0 aliphatic carbocycles. The van der Waals surface area contributed by atoms with E-state index in [2.05, 4.69) is 0 Å². The molecule has 1 fully saturated rings. The van der Waals surface area contributed by atoms with Crippen molar-refractivity contribution in [3.8, 4) is 6.07 Å². The van der Waals surface area contributed by atoms with Crippen LogP contribution in [0.4, 0.5) is 4.39 Å². The maximum absolute atomic E-state index is 13.3. The lowest BCUT2D eigenvalue weighted by Crippen LogP contribution is -2.39. The normalized spacial score (nSPS) is 23.7. The summed E-state index contributed by atoms with van der Waals surface area (Å²) in [6.07, 6.45) is 2.41. The molecule has 2 atom stereocenters. The smallest absolute Gasteiger partial charge is 0.207 e. The fraction of sp³-hybridized carbons (Fsp3) is 0.500. The molecular weight excluding hydrogens is 279 g/mol. The van der Waals surface area contributed by atoms with E-state index in [-0.39, 0.29) is 22.5 Å². The van der Waals surface area contributed by atoms with Crippen LogP contribution in [0, 0.1) is 17.1 Å². The number of nitriles is 1. The van der Waals surface area contributed by atoms with Gasteiger partial charge >= 0.3 is 0 Å². The second kappa shape index (κ2) is 5.51. The van der Waals surface area contributed by atoms with Gasteiger partial charge in [-0.15, -0.1) is 0 Å². The Morgan fingerprint density at radius 2 is 2.15 bits per heavy atom. The highest BCUT2D eigenvalue weighted by atomic mass is 32.2. The van der Waals surface area contributed by atoms with E-state index in [0.29, 0.717) is 0 Å². The molecule has 0 bridgehead atoms. The van der Waals surface area contributed by atoms with Crippen molar-refractivity contribution in [2.45, 2.75) is 50.1 Å². The van der Waals surface area contributed by atoms with Gasteiger partial charge in [0, 0.05) is 12.1 Å². The first kappa shape index (κ1) is 14.9. The summed E-state index contributed by atoms with van der Waals surface area (Å²) in [6.45, 7) is 3.83. The predicted octanol–water partition coefficient (Wildman–Crippen LogP) is 2.65. The summed E-state index contributed by atoms with van der Waals surface area (Å²) in [7, 11) is -3.68. The number of nitrogens with zero attached hydrogens (tertiary/aromatic N) is 2. The van der Waals surface area contributed by atoms with Crippen molar-refractivity contribution in [3.05, 3.63) is 29.6 Å². The van der Waals surface area contributed by atoms with Gasteiger partial charge in [-0.1, -0.05) is 6.92 Å². The third-order valence-electron chi connectivity index (χ3n) is 3.82. The van der Waals surface area contributed by atoms with Gasteiger partial charge in [-0.05, 0) is 44.4 Å². The highest BCUT2D eigenvalue weighted by molar-refractivity contribution is 7.89. The molecule has 0 amide bonds. The lowest BCUT2D eigenvalue weighted by molar-refractivity contribution is 0.328. The number of halogens is 1. The van der Waals surface area contributed by atoms with Crippen LogP contribution in [0.2, 0.25) is 0 Å². The average molecular weight is 296 g/mol. The van der Waals surface area contributed by atoms with Gasteiger partial charge in [0.15, 0.2) is 0 Å². The van der Waals surface area contributed by atoms with Gasteiger partial charge in [-0.3, -0.25) is 0 Å². The molecule has 0 spiro atoms. The van der Waals surface area contributed by atoms with E-state index in [1.807, 2.05) is 13.8 Å². The van der Waals surface area contributed by atoms with Crippen LogP contribution in [0.15, 0.2) is 23.1 Å². The lowest BCUT2D eigenvalue weighted by Gasteiger charge is -2.27. The SMILES string of the molecule is CCC1CCC(C)N1S(=O)(=O)c1ccc(F)c(C#N)c1. The van der Waals surface area contributed by atoms with Crippen molar-refractivity contribution in [1.29, 1.82) is 5.26 Å². The van der Waals surface area contributed by atoms with Crippen molar-refractivity contribution in [2.75, 3.05) is 0 Å². The van der Waals surface area contributed by atoms with Gasteiger partial charge < -0.3 is 0 Å². The monoisotopic (exact) mass is 296 g/mol. The summed E-state index contributed by atoms with van der Waals surface area (Å²) in [5.74, 6) is -0.701. The van der Waals surface area contributed by atoms with E-state index in [0.717, 1.165) is 31.4 Å². The molecule has 108 valence electrons. The van der Waals surface area contributed by atoms with Crippen LogP contribution >= 0.6 is 0 Å². The Balaban J connectivity index is 2.47. The summed E-state index contributed by atoms with van der Waals surface area (Å²) >= 11 is 0. The minimum Gasteiger partial charge on any atom is -0.207 e. The van der Waals surface area contributed by atoms with Crippen molar-refractivity contribution in [1.82, 2.24) is 4.31 Å². The van der Waals surface area contributed by atoms with Gasteiger partial charge in [0.1, 0.15) is 11.9 Å². The molecule has 1 heterocycles. The number of benzene rings is 1. The number of hydrogen-bond acceptors (Lipinski definition) is 3. The van der Waals surface area contributed by atoms with Crippen LogP contribution < -0.4 is 0 Å². The van der Waals surface area contributed by atoms with Gasteiger partial charge in [0.25, 0.3) is 0 Å². The Bertz CT molecular complexity index is 652. The molecular formula is C14H17FN2O2S. The van der Waals surface area contributed by atoms with Gasteiger partial charge in [0.2, 0.25) is 10.0 Å². The molecule has 0 saturated carbocycles. The summed E-state index contributed by atoms with van der Waals surface area (Å²) in [4.78, 5) is -0.0114. The molecule has 20 heavy (non-hydrogen) atoms. The van der Waals surface area contributed by atoms with Crippen molar-refractivity contribution in [2.24, 2.45) is 0 Å². The summed E-state index contributed by atoms with van der Waals surface area (Å²) in [5, 5.41) is 8.83. The zero-order valence-electron chi connectivity index (χ0n) is 11.5. The maximum atomic E-state index is 13.3. The summed E-state index contributed by atoms with van der Waals surface area (Å²) in [5.41, 5.74) is -0.244. The second-order valence-electron chi connectivity index (χ2n) is 5.08. The Morgan fingerprint density at radius 3 is 2.75 bits per heavy atom. The summed E-state index contributed by atoms with van der Waals surface area (Å²) < 4.78 is 40.2. The second-order valence-corrected chi connectivity index (χ2v) is 6.92. The van der Waals surface area contributed by atoms with Crippen molar-refractivity contribution < 1.29 is 12.8 Å². The Morgan fingerprint density at radius 1 is 1.45 bits per heavy atom. The van der Waals surface area contributed by atoms with Crippen LogP contribution in [0.5, 0.6) is 0 Å². The highest BCUT2D eigenvalue weighted by Gasteiger charge is 2.39. The molecule has 1 aliphatic rings. The average Bonchev–Trinajstić information content (AvgIpc) is 2.80. The Hall–Kier alpha value is -1.45. The Kier molecular flexibility index (Phi) is 4.11. The van der Waals surface area contributed by atoms with E-state index in [1.165, 1.54) is 10.4 Å². The number of rotatable bonds is 3. The largest absolute Gasteiger partial charge is 0.243 e. The van der Waals surface area contributed by atoms with E-state index in [4.69, 9.17) is 5.26 Å². The molecule has 1 aliphatic heterocycles. The molecule has 1 saturated heterocycles. The number of hydrogen-bond donors (Lipinski definition) is 0. The third kappa shape index (κ3) is 2.43. The maximum Gasteiger partial charge on any atom is 0.243 e. The minimum absolute atomic E-state index is 0.0114. The molecule has 2 unspecified atom stereocenters. The van der Waals surface area contributed by atoms with E-state index < -0.39 is 15.8 Å². The fourth-order valence-electron chi connectivity index (χ4n) is 2.74. The third-order valence-corrected chi connectivity index (χ3v) is 5.88. The van der Waals surface area contributed by atoms with Crippen LogP contribution in [-0.2, 0) is 10.0 Å². The molecule has 1 aromatic carbocycles. The van der Waals surface area contributed by atoms with E-state index in [9.17, 15) is 12.8 Å². The molecule has 0 aromatic heterocycles. The molecule has 6 heteroatoms. The highest BCUT2D eigenvalue weighted by Crippen LogP contribution is 2.32. The van der Waals surface area contributed by atoms with Crippen molar-refractivity contribution in [3.63, 3.8) is 0 Å².